The van der Waals surface area contributed by atoms with Crippen molar-refractivity contribution in [3.05, 3.63) is 6.07 Å². The monoisotopic (exact) mass is 330 g/mol. The van der Waals surface area contributed by atoms with Gasteiger partial charge in [-0.25, -0.2) is 4.79 Å². The van der Waals surface area contributed by atoms with E-state index >= 15 is 0 Å². The average molecular weight is 330 g/mol. The Morgan fingerprint density at radius 2 is 1.86 bits per heavy atom. The first kappa shape index (κ1) is 18.5. The van der Waals surface area contributed by atoms with Gasteiger partial charge in [0.2, 0.25) is 17.2 Å². The summed E-state index contributed by atoms with van der Waals surface area (Å²) in [6, 6.07) is 1.52. The van der Waals surface area contributed by atoms with Crippen LogP contribution >= 0.6 is 11.8 Å². The maximum absolute atomic E-state index is 11.3. The molecule has 1 unspecified atom stereocenters. The number of hydrogen-bond donors (Lipinski definition) is 1. The number of nitrogens with zero attached hydrogens (tertiary/aromatic N) is 2. The predicted molar refractivity (Wildman–Crippen MR) is 82.4 cm³/mol. The van der Waals surface area contributed by atoms with E-state index in [4.69, 9.17) is 14.2 Å². The third-order valence-electron chi connectivity index (χ3n) is 2.69. The van der Waals surface area contributed by atoms with Crippen molar-refractivity contribution in [2.75, 3.05) is 20.8 Å². The summed E-state index contributed by atoms with van der Waals surface area (Å²) in [7, 11) is 2.93. The smallest absolute Gasteiger partial charge is 0.343 e. The van der Waals surface area contributed by atoms with Crippen LogP contribution in [0.3, 0.4) is 0 Å². The van der Waals surface area contributed by atoms with Gasteiger partial charge in [-0.3, -0.25) is 0 Å². The lowest BCUT2D eigenvalue weighted by atomic mass is 10.1. The highest BCUT2D eigenvalue weighted by molar-refractivity contribution is 8.00. The van der Waals surface area contributed by atoms with Gasteiger partial charge in [-0.05, 0) is 30.5 Å². The zero-order valence-electron chi connectivity index (χ0n) is 13.2. The number of aliphatic carboxylic acids is 1. The molecule has 1 N–H and O–H groups in total. The van der Waals surface area contributed by atoms with Crippen molar-refractivity contribution in [2.45, 2.75) is 37.3 Å². The minimum atomic E-state index is -1.07. The second kappa shape index (κ2) is 9.47. The third kappa shape index (κ3) is 6.48. The molecule has 0 spiro atoms. The molecule has 0 aliphatic carbocycles. The number of carboxylic acid groups (broad SMARTS) is 1. The Morgan fingerprint density at radius 1 is 1.27 bits per heavy atom. The van der Waals surface area contributed by atoms with Gasteiger partial charge in [-0.2, -0.15) is 9.97 Å². The fourth-order valence-electron chi connectivity index (χ4n) is 1.58. The summed E-state index contributed by atoms with van der Waals surface area (Å²) in [5.74, 6) is 0.0991. The molecule has 8 heteroatoms. The minimum absolute atomic E-state index is 0.229. The van der Waals surface area contributed by atoms with E-state index in [2.05, 4.69) is 23.8 Å². The van der Waals surface area contributed by atoms with E-state index in [1.54, 1.807) is 0 Å². The highest BCUT2D eigenvalue weighted by Gasteiger charge is 2.22. The first-order valence-corrected chi connectivity index (χ1v) is 7.82. The molecule has 0 amide bonds. The van der Waals surface area contributed by atoms with Crippen LogP contribution in [0.25, 0.3) is 0 Å². The average Bonchev–Trinajstić information content (AvgIpc) is 2.49. The lowest BCUT2D eigenvalue weighted by molar-refractivity contribution is -0.144. The zero-order valence-corrected chi connectivity index (χ0v) is 14.1. The standard InChI is InChI=1S/C14H22N2O5S/c1-9(2)6-5-7-21-13(12(17)18)22-14-15-10(19-3)8-11(16-14)20-4/h8-9,13H,5-7H2,1-4H3,(H,17,18). The Kier molecular flexibility index (Phi) is 7.97. The first-order valence-electron chi connectivity index (χ1n) is 6.94. The number of ether oxygens (including phenoxy) is 3. The number of hydrogen-bond acceptors (Lipinski definition) is 7. The molecule has 22 heavy (non-hydrogen) atoms. The van der Waals surface area contributed by atoms with Crippen LogP contribution < -0.4 is 9.47 Å². The Bertz CT molecular complexity index is 462. The summed E-state index contributed by atoms with van der Waals surface area (Å²) >= 11 is 0.911. The third-order valence-corrected chi connectivity index (χ3v) is 3.63. The summed E-state index contributed by atoms with van der Waals surface area (Å²) in [5.41, 5.74) is -1.07. The SMILES string of the molecule is COc1cc(OC)nc(SC(OCCCC(C)C)C(=O)O)n1. The Balaban J connectivity index is 2.68. The molecule has 124 valence electrons. The molecule has 0 aromatic carbocycles. The second-order valence-electron chi connectivity index (χ2n) is 4.93. The Hall–Kier alpha value is -1.54. The molecular formula is C14H22N2O5S. The van der Waals surface area contributed by atoms with Gasteiger partial charge in [0.25, 0.3) is 0 Å². The van der Waals surface area contributed by atoms with Crippen molar-refractivity contribution < 1.29 is 24.1 Å². The van der Waals surface area contributed by atoms with E-state index in [1.165, 1.54) is 20.3 Å². The lowest BCUT2D eigenvalue weighted by Gasteiger charge is -2.13. The largest absolute Gasteiger partial charge is 0.481 e. The number of rotatable bonds is 10. The molecule has 0 radical (unpaired) electrons. The van der Waals surface area contributed by atoms with Gasteiger partial charge >= 0.3 is 5.97 Å². The molecule has 0 saturated heterocycles. The van der Waals surface area contributed by atoms with Crippen LogP contribution in [0.2, 0.25) is 0 Å². The van der Waals surface area contributed by atoms with Crippen molar-refractivity contribution in [1.29, 1.82) is 0 Å². The minimum Gasteiger partial charge on any atom is -0.481 e. The van der Waals surface area contributed by atoms with E-state index in [-0.39, 0.29) is 5.16 Å². The summed E-state index contributed by atoms with van der Waals surface area (Å²) in [4.78, 5) is 19.4. The van der Waals surface area contributed by atoms with Gasteiger partial charge in [0.05, 0.1) is 20.3 Å². The van der Waals surface area contributed by atoms with Gasteiger partial charge < -0.3 is 19.3 Å². The van der Waals surface area contributed by atoms with Crippen molar-refractivity contribution in [1.82, 2.24) is 9.97 Å². The molecule has 1 atom stereocenters. The Morgan fingerprint density at radius 3 is 2.32 bits per heavy atom. The van der Waals surface area contributed by atoms with Crippen molar-refractivity contribution in [3.63, 3.8) is 0 Å². The van der Waals surface area contributed by atoms with Crippen molar-refractivity contribution in [2.24, 2.45) is 5.92 Å². The van der Waals surface area contributed by atoms with E-state index in [9.17, 15) is 9.90 Å². The molecule has 0 aliphatic heterocycles. The molecule has 0 aliphatic rings. The van der Waals surface area contributed by atoms with Gasteiger partial charge in [0, 0.05) is 6.61 Å². The maximum Gasteiger partial charge on any atom is 0.343 e. The molecule has 1 rings (SSSR count). The molecule has 0 fully saturated rings. The van der Waals surface area contributed by atoms with Crippen LogP contribution in [0.1, 0.15) is 26.7 Å². The number of carbonyl (C=O) groups is 1. The number of thioether (sulfide) groups is 1. The number of aromatic nitrogens is 2. The van der Waals surface area contributed by atoms with Crippen LogP contribution in [-0.4, -0.2) is 47.3 Å². The van der Waals surface area contributed by atoms with E-state index in [0.717, 1.165) is 24.6 Å². The maximum atomic E-state index is 11.3. The fourth-order valence-corrected chi connectivity index (χ4v) is 2.32. The number of methoxy groups -OCH3 is 2. The molecule has 7 nitrogen and oxygen atoms in total. The molecule has 0 saturated carbocycles. The summed E-state index contributed by atoms with van der Waals surface area (Å²) in [5, 5.41) is 9.46. The molecule has 1 heterocycles. The normalized spacial score (nSPS) is 12.2. The lowest BCUT2D eigenvalue weighted by Crippen LogP contribution is -2.21. The van der Waals surface area contributed by atoms with Crippen molar-refractivity contribution in [3.8, 4) is 11.8 Å². The van der Waals surface area contributed by atoms with Gasteiger partial charge in [-0.15, -0.1) is 0 Å². The zero-order chi connectivity index (χ0) is 16.5. The topological polar surface area (TPSA) is 90.8 Å². The van der Waals surface area contributed by atoms with Gasteiger partial charge in [-0.1, -0.05) is 13.8 Å². The molecular weight excluding hydrogens is 308 g/mol. The van der Waals surface area contributed by atoms with Crippen LogP contribution in [0, 0.1) is 5.92 Å². The first-order chi connectivity index (χ1) is 10.5. The van der Waals surface area contributed by atoms with Crippen LogP contribution in [0.5, 0.6) is 11.8 Å². The number of carboxylic acids is 1. The predicted octanol–water partition coefficient (Wildman–Crippen LogP) is 2.45. The Labute approximate surface area is 134 Å². The summed E-state index contributed by atoms with van der Waals surface area (Å²) < 4.78 is 15.5. The molecule has 1 aromatic heterocycles. The fraction of sp³-hybridized carbons (Fsp3) is 0.643. The van der Waals surface area contributed by atoms with Crippen LogP contribution in [-0.2, 0) is 9.53 Å². The van der Waals surface area contributed by atoms with E-state index < -0.39 is 11.4 Å². The van der Waals surface area contributed by atoms with Crippen molar-refractivity contribution >= 4 is 17.7 Å². The van der Waals surface area contributed by atoms with E-state index in [0.29, 0.717) is 24.3 Å². The van der Waals surface area contributed by atoms with Gasteiger partial charge in [0.1, 0.15) is 0 Å². The second-order valence-corrected chi connectivity index (χ2v) is 5.96. The highest BCUT2D eigenvalue weighted by atomic mass is 32.2. The quantitative estimate of drug-likeness (QED) is 0.303. The summed E-state index contributed by atoms with van der Waals surface area (Å²) in [6.45, 7) is 4.60. The van der Waals surface area contributed by atoms with Crippen LogP contribution in [0.15, 0.2) is 11.2 Å². The highest BCUT2D eigenvalue weighted by Crippen LogP contribution is 2.26. The van der Waals surface area contributed by atoms with Crippen LogP contribution in [0.4, 0.5) is 0 Å². The molecule has 0 bridgehead atoms. The van der Waals surface area contributed by atoms with E-state index in [1.807, 2.05) is 0 Å². The molecule has 1 aromatic rings. The summed E-state index contributed by atoms with van der Waals surface area (Å²) in [6.07, 6.45) is 1.80. The van der Waals surface area contributed by atoms with Gasteiger partial charge in [0.15, 0.2) is 5.16 Å².